The largest absolute Gasteiger partial charge is 0.366 e. The molecule has 39 heavy (non-hydrogen) atoms. The van der Waals surface area contributed by atoms with Crippen molar-refractivity contribution in [3.8, 4) is 0 Å². The van der Waals surface area contributed by atoms with Crippen molar-refractivity contribution in [3.63, 3.8) is 0 Å². The van der Waals surface area contributed by atoms with Gasteiger partial charge in [-0.1, -0.05) is 42.5 Å². The summed E-state index contributed by atoms with van der Waals surface area (Å²) in [5, 5.41) is 15.6. The van der Waals surface area contributed by atoms with E-state index < -0.39 is 0 Å². The Balaban J connectivity index is 0.926. The van der Waals surface area contributed by atoms with Gasteiger partial charge in [-0.25, -0.2) is 4.98 Å². The summed E-state index contributed by atoms with van der Waals surface area (Å²) in [4.78, 5) is 25.3. The zero-order chi connectivity index (χ0) is 26.4. The van der Waals surface area contributed by atoms with Crippen molar-refractivity contribution >= 4 is 28.6 Å². The number of nitrogens with one attached hydrogen (secondary N) is 3. The van der Waals surface area contributed by atoms with E-state index in [1.807, 2.05) is 36.4 Å². The number of piperidine rings is 2. The Morgan fingerprint density at radius 2 is 1.64 bits per heavy atom. The second-order valence-corrected chi connectivity index (χ2v) is 10.6. The standard InChI is InChI=1S/C30H36N8O/c39-30(31-20-28-33-25-8-4-5-9-26(25)34-28)23-12-18-38(19-13-23)29-11-10-27(35-36-29)32-24-14-16-37(17-15-24)21-22-6-2-1-3-7-22/h1-11,23-24H,12-21H2,(H,31,39)(H,32,35)(H,33,34). The molecule has 3 N–H and O–H groups in total. The van der Waals surface area contributed by atoms with Gasteiger partial charge in [-0.2, -0.15) is 0 Å². The maximum absolute atomic E-state index is 12.8. The normalized spacial score (nSPS) is 17.4. The van der Waals surface area contributed by atoms with Crippen molar-refractivity contribution in [2.45, 2.75) is 44.8 Å². The number of likely N-dealkylation sites (tertiary alicyclic amines) is 1. The Morgan fingerprint density at radius 3 is 2.38 bits per heavy atom. The Labute approximate surface area is 229 Å². The second kappa shape index (κ2) is 11.8. The zero-order valence-corrected chi connectivity index (χ0v) is 22.2. The second-order valence-electron chi connectivity index (χ2n) is 10.6. The number of H-pyrrole nitrogens is 1. The average Bonchev–Trinajstić information content (AvgIpc) is 3.41. The van der Waals surface area contributed by atoms with Crippen LogP contribution in [-0.2, 0) is 17.9 Å². The van der Waals surface area contributed by atoms with E-state index in [2.05, 4.69) is 70.9 Å². The number of nitrogens with zero attached hydrogens (tertiary/aromatic N) is 5. The summed E-state index contributed by atoms with van der Waals surface area (Å²) >= 11 is 0. The van der Waals surface area contributed by atoms with Gasteiger partial charge in [0.25, 0.3) is 0 Å². The topological polar surface area (TPSA) is 102 Å². The highest BCUT2D eigenvalue weighted by Crippen LogP contribution is 2.23. The lowest BCUT2D eigenvalue weighted by atomic mass is 9.96. The summed E-state index contributed by atoms with van der Waals surface area (Å²) in [6, 6.07) is 23.1. The number of carbonyl (C=O) groups excluding carboxylic acids is 1. The number of amides is 1. The Kier molecular flexibility index (Phi) is 7.67. The first-order valence-corrected chi connectivity index (χ1v) is 14.0. The Bertz CT molecular complexity index is 1320. The number of fused-ring (bicyclic) bond motifs is 1. The fourth-order valence-corrected chi connectivity index (χ4v) is 5.63. The van der Waals surface area contributed by atoms with Crippen LogP contribution in [-0.4, -0.2) is 63.2 Å². The van der Waals surface area contributed by atoms with Crippen LogP contribution >= 0.6 is 0 Å². The minimum atomic E-state index is 0.00675. The average molecular weight is 525 g/mol. The smallest absolute Gasteiger partial charge is 0.223 e. The van der Waals surface area contributed by atoms with Crippen LogP contribution in [0.1, 0.15) is 37.1 Å². The fraction of sp³-hybridized carbons (Fsp3) is 0.400. The molecule has 0 saturated carbocycles. The molecule has 9 heteroatoms. The number of benzene rings is 2. The Hall–Kier alpha value is -3.98. The molecule has 2 aliphatic rings. The maximum Gasteiger partial charge on any atom is 0.223 e. The van der Waals surface area contributed by atoms with Crippen molar-refractivity contribution in [3.05, 3.63) is 78.1 Å². The number of hydrogen-bond acceptors (Lipinski definition) is 7. The first-order valence-electron chi connectivity index (χ1n) is 14.0. The van der Waals surface area contributed by atoms with Crippen molar-refractivity contribution in [1.82, 2.24) is 30.4 Å². The maximum atomic E-state index is 12.8. The number of aromatic nitrogens is 4. The summed E-state index contributed by atoms with van der Waals surface area (Å²) in [5.41, 5.74) is 3.28. The van der Waals surface area contributed by atoms with Gasteiger partial charge in [0.15, 0.2) is 5.82 Å². The van der Waals surface area contributed by atoms with Crippen LogP contribution in [0.4, 0.5) is 11.6 Å². The summed E-state index contributed by atoms with van der Waals surface area (Å²) in [6.07, 6.45) is 3.80. The lowest BCUT2D eigenvalue weighted by molar-refractivity contribution is -0.125. The molecule has 0 spiro atoms. The van der Waals surface area contributed by atoms with E-state index in [4.69, 9.17) is 0 Å². The molecule has 0 atom stereocenters. The molecule has 0 unspecified atom stereocenters. The van der Waals surface area contributed by atoms with E-state index in [9.17, 15) is 4.79 Å². The molecule has 2 aromatic carbocycles. The molecular weight excluding hydrogens is 488 g/mol. The lowest BCUT2D eigenvalue weighted by Gasteiger charge is -2.33. The lowest BCUT2D eigenvalue weighted by Crippen LogP contribution is -2.41. The molecule has 202 valence electrons. The van der Waals surface area contributed by atoms with E-state index in [-0.39, 0.29) is 11.8 Å². The molecule has 6 rings (SSSR count). The zero-order valence-electron chi connectivity index (χ0n) is 22.2. The van der Waals surface area contributed by atoms with Crippen molar-refractivity contribution < 1.29 is 4.79 Å². The molecule has 0 radical (unpaired) electrons. The first-order chi connectivity index (χ1) is 19.2. The van der Waals surface area contributed by atoms with Crippen LogP contribution < -0.4 is 15.5 Å². The van der Waals surface area contributed by atoms with E-state index >= 15 is 0 Å². The van der Waals surface area contributed by atoms with Crippen LogP contribution in [0.3, 0.4) is 0 Å². The first kappa shape index (κ1) is 25.3. The predicted octanol–water partition coefficient (Wildman–Crippen LogP) is 3.96. The molecule has 9 nitrogen and oxygen atoms in total. The van der Waals surface area contributed by atoms with E-state index in [0.29, 0.717) is 12.6 Å². The molecule has 0 aliphatic carbocycles. The van der Waals surface area contributed by atoms with Crippen LogP contribution in [0.25, 0.3) is 11.0 Å². The molecule has 2 fully saturated rings. The number of hydrogen-bond donors (Lipinski definition) is 3. The number of anilines is 2. The summed E-state index contributed by atoms with van der Waals surface area (Å²) in [6.45, 7) is 5.19. The molecule has 4 heterocycles. The van der Waals surface area contributed by atoms with Gasteiger partial charge < -0.3 is 20.5 Å². The van der Waals surface area contributed by atoms with Gasteiger partial charge in [0.2, 0.25) is 5.91 Å². The third-order valence-corrected chi connectivity index (χ3v) is 7.90. The quantitative estimate of drug-likeness (QED) is 0.321. The number of aromatic amines is 1. The fourth-order valence-electron chi connectivity index (χ4n) is 5.63. The summed E-state index contributed by atoms with van der Waals surface area (Å²) in [7, 11) is 0. The number of rotatable bonds is 8. The highest BCUT2D eigenvalue weighted by atomic mass is 16.1. The molecule has 1 amide bonds. The minimum Gasteiger partial charge on any atom is -0.366 e. The molecule has 2 aliphatic heterocycles. The number of para-hydroxylation sites is 2. The van der Waals surface area contributed by atoms with Crippen molar-refractivity contribution in [2.24, 2.45) is 5.92 Å². The molecule has 0 bridgehead atoms. The highest BCUT2D eigenvalue weighted by Gasteiger charge is 2.26. The summed E-state index contributed by atoms with van der Waals surface area (Å²) in [5.74, 6) is 2.59. The number of imidazole rings is 1. The van der Waals surface area contributed by atoms with Crippen LogP contribution in [0, 0.1) is 5.92 Å². The third kappa shape index (κ3) is 6.37. The van der Waals surface area contributed by atoms with E-state index in [1.54, 1.807) is 0 Å². The molecular formula is C30H36N8O. The third-order valence-electron chi connectivity index (χ3n) is 7.90. The van der Waals surface area contributed by atoms with Gasteiger partial charge in [-0.3, -0.25) is 9.69 Å². The molecule has 2 aromatic heterocycles. The predicted molar refractivity (Wildman–Crippen MR) is 153 cm³/mol. The van der Waals surface area contributed by atoms with Gasteiger partial charge in [-0.15, -0.1) is 10.2 Å². The molecule has 2 saturated heterocycles. The van der Waals surface area contributed by atoms with Gasteiger partial charge in [0.1, 0.15) is 11.6 Å². The van der Waals surface area contributed by atoms with Crippen LogP contribution in [0.2, 0.25) is 0 Å². The monoisotopic (exact) mass is 524 g/mol. The van der Waals surface area contributed by atoms with E-state index in [0.717, 1.165) is 86.9 Å². The Morgan fingerprint density at radius 1 is 0.872 bits per heavy atom. The van der Waals surface area contributed by atoms with Crippen LogP contribution in [0.5, 0.6) is 0 Å². The van der Waals surface area contributed by atoms with E-state index in [1.165, 1.54) is 5.56 Å². The van der Waals surface area contributed by atoms with Gasteiger partial charge in [-0.05, 0) is 55.5 Å². The summed E-state index contributed by atoms with van der Waals surface area (Å²) < 4.78 is 0. The van der Waals surface area contributed by atoms with Crippen molar-refractivity contribution in [1.29, 1.82) is 0 Å². The van der Waals surface area contributed by atoms with Gasteiger partial charge in [0, 0.05) is 44.7 Å². The van der Waals surface area contributed by atoms with Crippen molar-refractivity contribution in [2.75, 3.05) is 36.4 Å². The highest BCUT2D eigenvalue weighted by molar-refractivity contribution is 5.79. The van der Waals surface area contributed by atoms with Gasteiger partial charge in [0.05, 0.1) is 17.6 Å². The molecule has 4 aromatic rings. The number of carbonyl (C=O) groups is 1. The van der Waals surface area contributed by atoms with Gasteiger partial charge >= 0.3 is 0 Å². The minimum absolute atomic E-state index is 0.00675. The van der Waals surface area contributed by atoms with Crippen LogP contribution in [0.15, 0.2) is 66.7 Å². The SMILES string of the molecule is O=C(NCc1nc2ccccc2[nH]1)C1CCN(c2ccc(NC3CCN(Cc4ccccc4)CC3)nn2)CC1.